The molecule has 6 aliphatic heterocycles. The maximum atomic E-state index is 13.6. The fourth-order valence-electron chi connectivity index (χ4n) is 10.2. The zero-order chi connectivity index (χ0) is 38.0. The average molecular weight is 760 g/mol. The highest BCUT2D eigenvalue weighted by atomic mass is 35.5. The summed E-state index contributed by atoms with van der Waals surface area (Å²) >= 11 is 6.39. The maximum Gasteiger partial charge on any atom is 0.255 e. The van der Waals surface area contributed by atoms with Gasteiger partial charge >= 0.3 is 0 Å². The minimum atomic E-state index is -0.601. The number of piperidine rings is 3. The molecule has 55 heavy (non-hydrogen) atoms. The molecule has 0 radical (unpaired) electrons. The first-order valence-electron chi connectivity index (χ1n) is 19.7. The Kier molecular flexibility index (Phi) is 9.09. The van der Waals surface area contributed by atoms with Crippen LogP contribution in [0.15, 0.2) is 54.6 Å². The molecule has 4 amide bonds. The summed E-state index contributed by atoms with van der Waals surface area (Å²) in [6.07, 6.45) is 5.80. The van der Waals surface area contributed by atoms with Crippen molar-refractivity contribution in [3.05, 3.63) is 98.9 Å². The number of rotatable bonds is 5. The van der Waals surface area contributed by atoms with Gasteiger partial charge in [-0.05, 0) is 110 Å². The summed E-state index contributed by atoms with van der Waals surface area (Å²) in [4.78, 5) is 65.6. The second-order valence-corrected chi connectivity index (χ2v) is 17.0. The van der Waals surface area contributed by atoms with E-state index in [2.05, 4.69) is 50.0 Å². The van der Waals surface area contributed by atoms with Crippen molar-refractivity contribution in [2.24, 2.45) is 5.41 Å². The second-order valence-electron chi connectivity index (χ2n) is 16.6. The third kappa shape index (κ3) is 6.53. The molecular formula is C43H46ClN7O4. The first-order valence-corrected chi connectivity index (χ1v) is 20.1. The Morgan fingerprint density at radius 2 is 1.56 bits per heavy atom. The minimum absolute atomic E-state index is 0.0902. The van der Waals surface area contributed by atoms with Crippen molar-refractivity contribution in [2.45, 2.75) is 89.6 Å². The number of nitrogens with zero attached hydrogens (tertiary/aromatic N) is 6. The Hall–Kier alpha value is -4.92. The molecule has 1 N–H and O–H groups in total. The van der Waals surface area contributed by atoms with Gasteiger partial charge in [-0.2, -0.15) is 0 Å². The monoisotopic (exact) mass is 759 g/mol. The summed E-state index contributed by atoms with van der Waals surface area (Å²) in [7, 11) is 0. The molecule has 0 aromatic heterocycles. The molecule has 3 aromatic carbocycles. The van der Waals surface area contributed by atoms with Crippen molar-refractivity contribution in [1.29, 1.82) is 0 Å². The van der Waals surface area contributed by atoms with Gasteiger partial charge in [0.25, 0.3) is 11.8 Å². The summed E-state index contributed by atoms with van der Waals surface area (Å²) in [5.74, 6) is -0.704. The molecule has 2 atom stereocenters. The van der Waals surface area contributed by atoms with Gasteiger partial charge in [-0.3, -0.25) is 29.4 Å². The van der Waals surface area contributed by atoms with Gasteiger partial charge in [-0.15, -0.1) is 0 Å². The van der Waals surface area contributed by atoms with E-state index in [1.807, 2.05) is 41.3 Å². The van der Waals surface area contributed by atoms with E-state index >= 15 is 0 Å². The van der Waals surface area contributed by atoms with Crippen LogP contribution in [0.4, 0.5) is 17.1 Å². The molecule has 4 fully saturated rings. The van der Waals surface area contributed by atoms with Crippen LogP contribution in [-0.2, 0) is 29.2 Å². The van der Waals surface area contributed by atoms with Gasteiger partial charge in [-0.25, -0.2) is 4.85 Å². The Bertz CT molecular complexity index is 2120. The molecule has 12 heteroatoms. The van der Waals surface area contributed by atoms with Crippen molar-refractivity contribution in [3.63, 3.8) is 0 Å². The van der Waals surface area contributed by atoms with Crippen LogP contribution in [-0.4, -0.2) is 89.2 Å². The average Bonchev–Trinajstić information content (AvgIpc) is 3.86. The lowest BCUT2D eigenvalue weighted by molar-refractivity contribution is -0.136. The van der Waals surface area contributed by atoms with E-state index in [0.29, 0.717) is 54.4 Å². The second kappa shape index (κ2) is 14.0. The van der Waals surface area contributed by atoms with Gasteiger partial charge in [0.2, 0.25) is 17.5 Å². The van der Waals surface area contributed by atoms with Gasteiger partial charge in [-0.1, -0.05) is 23.7 Å². The zero-order valence-electron chi connectivity index (χ0n) is 31.2. The molecule has 6 heterocycles. The van der Waals surface area contributed by atoms with Crippen LogP contribution >= 0.6 is 11.6 Å². The Balaban J connectivity index is 0.758. The van der Waals surface area contributed by atoms with E-state index in [0.717, 1.165) is 87.2 Å². The lowest BCUT2D eigenvalue weighted by Gasteiger charge is -2.40. The van der Waals surface area contributed by atoms with Crippen LogP contribution in [0.1, 0.15) is 89.3 Å². The number of imide groups is 1. The number of hydrogen-bond donors (Lipinski definition) is 1. The number of amides is 4. The van der Waals surface area contributed by atoms with Gasteiger partial charge in [0.1, 0.15) is 6.04 Å². The van der Waals surface area contributed by atoms with E-state index in [1.165, 1.54) is 11.3 Å². The first-order chi connectivity index (χ1) is 26.6. The van der Waals surface area contributed by atoms with Crippen LogP contribution in [0, 0.1) is 12.0 Å². The zero-order valence-corrected chi connectivity index (χ0v) is 32.0. The number of hydrogen-bond acceptors (Lipinski definition) is 7. The summed E-state index contributed by atoms with van der Waals surface area (Å²) in [6, 6.07) is 18.3. The van der Waals surface area contributed by atoms with Crippen LogP contribution in [0.3, 0.4) is 0 Å². The summed E-state index contributed by atoms with van der Waals surface area (Å²) in [5, 5.41) is 2.89. The molecule has 4 saturated heterocycles. The first kappa shape index (κ1) is 35.8. The van der Waals surface area contributed by atoms with Crippen molar-refractivity contribution in [1.82, 2.24) is 20.0 Å². The smallest absolute Gasteiger partial charge is 0.255 e. The molecule has 9 rings (SSSR count). The van der Waals surface area contributed by atoms with Gasteiger partial charge in [0, 0.05) is 98.4 Å². The van der Waals surface area contributed by atoms with Gasteiger partial charge in [0.05, 0.1) is 6.57 Å². The molecular weight excluding hydrogens is 714 g/mol. The fourth-order valence-corrected chi connectivity index (χ4v) is 10.4. The number of carbonyl (C=O) groups is 4. The van der Waals surface area contributed by atoms with E-state index in [1.54, 1.807) is 4.90 Å². The molecule has 3 aromatic rings. The van der Waals surface area contributed by atoms with Crippen LogP contribution in [0.25, 0.3) is 4.85 Å². The highest BCUT2D eigenvalue weighted by molar-refractivity contribution is 6.33. The van der Waals surface area contributed by atoms with Crippen LogP contribution in [0.2, 0.25) is 5.02 Å². The van der Waals surface area contributed by atoms with Crippen LogP contribution < -0.4 is 15.1 Å². The number of anilines is 2. The van der Waals surface area contributed by atoms with E-state index in [-0.39, 0.29) is 35.5 Å². The normalized spacial score (nSPS) is 24.0. The largest absolute Gasteiger partial charge is 0.371 e. The topological polar surface area (TPSA) is 101 Å². The lowest BCUT2D eigenvalue weighted by Crippen LogP contribution is -2.52. The number of nitrogens with one attached hydrogen (secondary N) is 1. The van der Waals surface area contributed by atoms with Crippen molar-refractivity contribution < 1.29 is 19.2 Å². The summed E-state index contributed by atoms with van der Waals surface area (Å²) < 4.78 is 0. The number of fused-ring (bicyclic) bond motifs is 2. The maximum absolute atomic E-state index is 13.6. The van der Waals surface area contributed by atoms with E-state index in [4.69, 9.17) is 18.2 Å². The number of halogens is 1. The highest BCUT2D eigenvalue weighted by Gasteiger charge is 2.45. The third-order valence-corrected chi connectivity index (χ3v) is 13.6. The van der Waals surface area contributed by atoms with Crippen molar-refractivity contribution >= 4 is 52.3 Å². The molecule has 11 nitrogen and oxygen atoms in total. The lowest BCUT2D eigenvalue weighted by atomic mass is 9.76. The number of likely N-dealkylation sites (tertiary alicyclic amines) is 1. The Labute approximate surface area is 327 Å². The molecule has 1 spiro atoms. The van der Waals surface area contributed by atoms with Gasteiger partial charge in [0.15, 0.2) is 0 Å². The van der Waals surface area contributed by atoms with E-state index in [9.17, 15) is 19.2 Å². The highest BCUT2D eigenvalue weighted by Crippen LogP contribution is 2.46. The van der Waals surface area contributed by atoms with Crippen molar-refractivity contribution in [2.75, 3.05) is 42.5 Å². The number of benzene rings is 3. The van der Waals surface area contributed by atoms with Crippen LogP contribution in [0.5, 0.6) is 0 Å². The molecule has 0 bridgehead atoms. The molecule has 0 aliphatic carbocycles. The predicted molar refractivity (Wildman–Crippen MR) is 210 cm³/mol. The van der Waals surface area contributed by atoms with Gasteiger partial charge < -0.3 is 19.6 Å². The minimum Gasteiger partial charge on any atom is -0.371 e. The standard InChI is InChI=1S/C43H46ClN7O4/c1-27-22-43(26-51(27)34-7-8-37(45-2)36(44)21-34)13-17-47(18-14-43)32-5-3-28(4-6-32)41(54)48-15-11-33(12-16-48)49-23-29-19-31-25-50(38-9-10-39(52)46-40(38)53)42(55)35(31)20-30(29)24-49/h3-8,19-21,27,33,38H,9-18,22-26H2,1H3,(H,46,52,53)/t27-,38?/m0/s1. The Morgan fingerprint density at radius 3 is 2.25 bits per heavy atom. The quantitative estimate of drug-likeness (QED) is 0.246. The summed E-state index contributed by atoms with van der Waals surface area (Å²) in [6.45, 7) is 16.0. The fraction of sp³-hybridized carbons (Fsp3) is 0.465. The Morgan fingerprint density at radius 1 is 0.855 bits per heavy atom. The predicted octanol–water partition coefficient (Wildman–Crippen LogP) is 6.16. The molecule has 6 aliphatic rings. The molecule has 1 unspecified atom stereocenters. The number of carbonyl (C=O) groups excluding carboxylic acids is 4. The summed E-state index contributed by atoms with van der Waals surface area (Å²) in [5.41, 5.74) is 7.77. The molecule has 0 saturated carbocycles. The van der Waals surface area contributed by atoms with E-state index < -0.39 is 6.04 Å². The van der Waals surface area contributed by atoms with Crippen molar-refractivity contribution in [3.8, 4) is 0 Å². The molecule has 284 valence electrons. The SMILES string of the molecule is [C-]#[N+]c1ccc(N2CC3(CCN(c4ccc(C(=O)N5CCC(N6Cc7cc8c(cc7C6)C(=O)N(C6CCC(=O)NC6=O)C8)CC5)cc4)CC3)C[C@@H]2C)cc1Cl. The third-order valence-electron chi connectivity index (χ3n) is 13.3.